The van der Waals surface area contributed by atoms with Gasteiger partial charge in [0.25, 0.3) is 0 Å². The number of fused-ring (bicyclic) bond motifs is 2. The summed E-state index contributed by atoms with van der Waals surface area (Å²) in [6.07, 6.45) is 11.2. The van der Waals surface area contributed by atoms with E-state index in [1.807, 2.05) is 0 Å². The zero-order valence-corrected chi connectivity index (χ0v) is 14.2. The van der Waals surface area contributed by atoms with Gasteiger partial charge in [0.1, 0.15) is 0 Å². The van der Waals surface area contributed by atoms with Crippen LogP contribution in [0.2, 0.25) is 0 Å². The molecule has 0 aromatic heterocycles. The van der Waals surface area contributed by atoms with Crippen molar-refractivity contribution in [2.75, 3.05) is 13.1 Å². The summed E-state index contributed by atoms with van der Waals surface area (Å²) in [6, 6.07) is 1.01. The van der Waals surface area contributed by atoms with Gasteiger partial charge in [-0.15, -0.1) is 12.4 Å². The molecule has 0 aromatic carbocycles. The summed E-state index contributed by atoms with van der Waals surface area (Å²) < 4.78 is 0. The molecule has 2 saturated heterocycles. The molecule has 0 radical (unpaired) electrons. The van der Waals surface area contributed by atoms with Crippen molar-refractivity contribution in [3.63, 3.8) is 0 Å². The van der Waals surface area contributed by atoms with Gasteiger partial charge in [-0.1, -0.05) is 39.0 Å². The Labute approximate surface area is 135 Å². The SMILES string of the molecule is CC(CC(=O)N1C2CCNCC1CC2)C1CCCCC1.Cl. The van der Waals surface area contributed by atoms with E-state index in [0.717, 1.165) is 31.8 Å². The van der Waals surface area contributed by atoms with E-state index in [0.29, 0.717) is 23.9 Å². The van der Waals surface area contributed by atoms with E-state index < -0.39 is 0 Å². The van der Waals surface area contributed by atoms with Crippen LogP contribution >= 0.6 is 12.4 Å². The van der Waals surface area contributed by atoms with Crippen LogP contribution in [0.5, 0.6) is 0 Å². The van der Waals surface area contributed by atoms with E-state index in [1.54, 1.807) is 0 Å². The molecule has 1 amide bonds. The van der Waals surface area contributed by atoms with Crippen LogP contribution in [0, 0.1) is 11.8 Å². The number of rotatable bonds is 3. The average molecular weight is 315 g/mol. The van der Waals surface area contributed by atoms with E-state index in [1.165, 1.54) is 44.9 Å². The van der Waals surface area contributed by atoms with Crippen LogP contribution < -0.4 is 5.32 Å². The fourth-order valence-corrected chi connectivity index (χ4v) is 4.64. The first-order valence-electron chi connectivity index (χ1n) is 8.77. The minimum Gasteiger partial charge on any atom is -0.335 e. The number of nitrogens with one attached hydrogen (secondary N) is 1. The normalized spacial score (nSPS) is 31.4. The van der Waals surface area contributed by atoms with Crippen LogP contribution in [0.1, 0.15) is 64.7 Å². The first kappa shape index (κ1) is 17.1. The maximum absolute atomic E-state index is 12.8. The molecule has 1 aliphatic carbocycles. The van der Waals surface area contributed by atoms with Gasteiger partial charge in [0.2, 0.25) is 5.91 Å². The third-order valence-corrected chi connectivity index (χ3v) is 5.89. The first-order chi connectivity index (χ1) is 9.75. The summed E-state index contributed by atoms with van der Waals surface area (Å²) in [5.41, 5.74) is 0. The molecule has 3 fully saturated rings. The molecule has 21 heavy (non-hydrogen) atoms. The zero-order chi connectivity index (χ0) is 13.9. The second-order valence-corrected chi connectivity index (χ2v) is 7.26. The highest BCUT2D eigenvalue weighted by Gasteiger charge is 2.38. The minimum absolute atomic E-state index is 0. The second-order valence-electron chi connectivity index (χ2n) is 7.26. The Bertz CT molecular complexity index is 330. The van der Waals surface area contributed by atoms with Crippen LogP contribution in [-0.4, -0.2) is 36.0 Å². The average Bonchev–Trinajstić information content (AvgIpc) is 2.73. The highest BCUT2D eigenvalue weighted by molar-refractivity contribution is 5.85. The molecular formula is C17H31ClN2O. The first-order valence-corrected chi connectivity index (χ1v) is 8.77. The van der Waals surface area contributed by atoms with Gasteiger partial charge >= 0.3 is 0 Å². The van der Waals surface area contributed by atoms with Gasteiger partial charge < -0.3 is 10.2 Å². The van der Waals surface area contributed by atoms with E-state index in [4.69, 9.17) is 0 Å². The minimum atomic E-state index is 0. The quantitative estimate of drug-likeness (QED) is 0.866. The Kier molecular flexibility index (Phi) is 6.36. The van der Waals surface area contributed by atoms with Crippen LogP contribution in [0.25, 0.3) is 0 Å². The van der Waals surface area contributed by atoms with Crippen LogP contribution in [0.4, 0.5) is 0 Å². The van der Waals surface area contributed by atoms with Gasteiger partial charge in [-0.05, 0) is 37.6 Å². The lowest BCUT2D eigenvalue weighted by atomic mass is 9.79. The Morgan fingerprint density at radius 2 is 1.81 bits per heavy atom. The van der Waals surface area contributed by atoms with Gasteiger partial charge in [0.15, 0.2) is 0 Å². The van der Waals surface area contributed by atoms with E-state index >= 15 is 0 Å². The van der Waals surface area contributed by atoms with Crippen molar-refractivity contribution in [2.24, 2.45) is 11.8 Å². The zero-order valence-electron chi connectivity index (χ0n) is 13.4. The predicted molar refractivity (Wildman–Crippen MR) is 88.7 cm³/mol. The lowest BCUT2D eigenvalue weighted by Crippen LogP contribution is -2.43. The molecule has 3 unspecified atom stereocenters. The Morgan fingerprint density at radius 1 is 1.10 bits per heavy atom. The van der Waals surface area contributed by atoms with E-state index in [2.05, 4.69) is 17.1 Å². The number of amides is 1. The topological polar surface area (TPSA) is 32.3 Å². The van der Waals surface area contributed by atoms with E-state index in [-0.39, 0.29) is 12.4 Å². The molecule has 0 spiro atoms. The number of hydrogen-bond donors (Lipinski definition) is 1. The molecule has 1 N–H and O–H groups in total. The molecule has 4 heteroatoms. The second kappa shape index (κ2) is 7.82. The number of hydrogen-bond acceptors (Lipinski definition) is 2. The van der Waals surface area contributed by atoms with Crippen LogP contribution in [0.15, 0.2) is 0 Å². The third kappa shape index (κ3) is 3.92. The van der Waals surface area contributed by atoms with Crippen LogP contribution in [-0.2, 0) is 4.79 Å². The smallest absolute Gasteiger partial charge is 0.223 e. The van der Waals surface area contributed by atoms with E-state index in [9.17, 15) is 4.79 Å². The fraction of sp³-hybridized carbons (Fsp3) is 0.941. The Hall–Kier alpha value is -0.280. The van der Waals surface area contributed by atoms with Crippen molar-refractivity contribution in [3.8, 4) is 0 Å². The van der Waals surface area contributed by atoms with Crippen molar-refractivity contribution in [2.45, 2.75) is 76.8 Å². The molecule has 2 aliphatic heterocycles. The van der Waals surface area contributed by atoms with Crippen molar-refractivity contribution < 1.29 is 4.79 Å². The molecule has 3 aliphatic rings. The van der Waals surface area contributed by atoms with Gasteiger partial charge in [0, 0.05) is 25.0 Å². The van der Waals surface area contributed by atoms with Crippen molar-refractivity contribution >= 4 is 18.3 Å². The fourth-order valence-electron chi connectivity index (χ4n) is 4.64. The molecule has 0 aromatic rings. The number of nitrogens with zero attached hydrogens (tertiary/aromatic N) is 1. The molecule has 3 atom stereocenters. The standard InChI is InChI=1S/C17H30N2O.ClH/c1-13(14-5-3-2-4-6-14)11-17(20)19-15-7-8-16(19)12-18-10-9-15;/h13-16,18H,2-12H2,1H3;1H. The maximum atomic E-state index is 12.8. The summed E-state index contributed by atoms with van der Waals surface area (Å²) in [5, 5.41) is 3.49. The summed E-state index contributed by atoms with van der Waals surface area (Å²) in [4.78, 5) is 15.0. The monoisotopic (exact) mass is 314 g/mol. The van der Waals surface area contributed by atoms with Gasteiger partial charge in [-0.3, -0.25) is 4.79 Å². The van der Waals surface area contributed by atoms with Crippen LogP contribution in [0.3, 0.4) is 0 Å². The third-order valence-electron chi connectivity index (χ3n) is 5.89. The highest BCUT2D eigenvalue weighted by Crippen LogP contribution is 2.34. The number of carbonyl (C=O) groups is 1. The Morgan fingerprint density at radius 3 is 2.57 bits per heavy atom. The number of halogens is 1. The molecule has 2 bridgehead atoms. The van der Waals surface area contributed by atoms with Gasteiger partial charge in [-0.2, -0.15) is 0 Å². The number of carbonyl (C=O) groups excluding carboxylic acids is 1. The van der Waals surface area contributed by atoms with Gasteiger partial charge in [0.05, 0.1) is 0 Å². The molecule has 3 rings (SSSR count). The van der Waals surface area contributed by atoms with Gasteiger partial charge in [-0.25, -0.2) is 0 Å². The molecular weight excluding hydrogens is 284 g/mol. The van der Waals surface area contributed by atoms with Crippen molar-refractivity contribution in [3.05, 3.63) is 0 Å². The molecule has 122 valence electrons. The summed E-state index contributed by atoms with van der Waals surface area (Å²) in [7, 11) is 0. The lowest BCUT2D eigenvalue weighted by Gasteiger charge is -2.32. The molecule has 3 nitrogen and oxygen atoms in total. The van der Waals surface area contributed by atoms with Crippen molar-refractivity contribution in [1.29, 1.82) is 0 Å². The predicted octanol–water partition coefficient (Wildman–Crippen LogP) is 3.37. The summed E-state index contributed by atoms with van der Waals surface area (Å²) >= 11 is 0. The maximum Gasteiger partial charge on any atom is 0.223 e. The summed E-state index contributed by atoms with van der Waals surface area (Å²) in [6.45, 7) is 4.41. The Balaban J connectivity index is 0.00000161. The molecule has 1 saturated carbocycles. The molecule has 2 heterocycles. The lowest BCUT2D eigenvalue weighted by molar-refractivity contribution is -0.135. The van der Waals surface area contributed by atoms with Crippen molar-refractivity contribution in [1.82, 2.24) is 10.2 Å². The largest absolute Gasteiger partial charge is 0.335 e. The summed E-state index contributed by atoms with van der Waals surface area (Å²) in [5.74, 6) is 1.83. The highest BCUT2D eigenvalue weighted by atomic mass is 35.5.